The molecule has 0 fully saturated rings. The zero-order valence-electron chi connectivity index (χ0n) is 21.4. The average Bonchev–Trinajstić information content (AvgIpc) is 3.60. The van der Waals surface area contributed by atoms with Crippen LogP contribution in [0.4, 0.5) is 13.2 Å². The molecule has 0 spiro atoms. The molecule has 0 amide bonds. The van der Waals surface area contributed by atoms with E-state index in [9.17, 15) is 18.0 Å². The van der Waals surface area contributed by atoms with Gasteiger partial charge in [-0.3, -0.25) is 4.79 Å². The van der Waals surface area contributed by atoms with Crippen molar-refractivity contribution in [3.8, 4) is 22.9 Å². The molecule has 5 aromatic rings. The Hall–Kier alpha value is -4.25. The largest absolute Gasteiger partial charge is 0.466 e. The molecule has 2 heterocycles. The van der Waals surface area contributed by atoms with E-state index < -0.39 is 11.6 Å². The van der Waals surface area contributed by atoms with Gasteiger partial charge in [0.2, 0.25) is 0 Å². The Balaban J connectivity index is 1.32. The van der Waals surface area contributed by atoms with Gasteiger partial charge in [-0.15, -0.1) is 10.2 Å². The number of nitrogens with zero attached hydrogens (tertiary/aromatic N) is 2. The molecule has 7 nitrogen and oxygen atoms in total. The van der Waals surface area contributed by atoms with E-state index in [1.165, 1.54) is 6.07 Å². The third-order valence-corrected chi connectivity index (χ3v) is 6.89. The first-order valence-electron chi connectivity index (χ1n) is 12.6. The van der Waals surface area contributed by atoms with Gasteiger partial charge < -0.3 is 19.4 Å². The van der Waals surface area contributed by atoms with Crippen LogP contribution in [-0.2, 0) is 22.4 Å². The number of benzene rings is 3. The number of nitrogens with one attached hydrogen (secondary N) is 2. The number of carbonyl (C=O) groups excluding carboxylic acids is 1. The second-order valence-corrected chi connectivity index (χ2v) is 9.89. The molecule has 40 heavy (non-hydrogen) atoms. The maximum atomic E-state index is 14.9. The molecule has 0 saturated carbocycles. The molecule has 0 radical (unpaired) electrons. The van der Waals surface area contributed by atoms with Crippen molar-refractivity contribution < 1.29 is 27.4 Å². The second kappa shape index (κ2) is 12.3. The van der Waals surface area contributed by atoms with Gasteiger partial charge >= 0.3 is 5.97 Å². The third kappa shape index (κ3) is 6.48. The monoisotopic (exact) mass is 566 g/mol. The van der Waals surface area contributed by atoms with Crippen LogP contribution in [0.1, 0.15) is 30.3 Å². The Morgan fingerprint density at radius 2 is 1.88 bits per heavy atom. The van der Waals surface area contributed by atoms with Crippen molar-refractivity contribution in [1.82, 2.24) is 20.2 Å². The molecule has 11 heteroatoms. The summed E-state index contributed by atoms with van der Waals surface area (Å²) in [4.78, 5) is 17.7. The number of halogens is 3. The van der Waals surface area contributed by atoms with Crippen LogP contribution < -0.4 is 4.74 Å². The van der Waals surface area contributed by atoms with Crippen molar-refractivity contribution in [1.29, 1.82) is 0 Å². The molecular formula is C29H25F3N4O3S. The van der Waals surface area contributed by atoms with Crippen LogP contribution in [0.2, 0.25) is 0 Å². The molecule has 5 rings (SSSR count). The van der Waals surface area contributed by atoms with E-state index in [2.05, 4.69) is 20.2 Å². The van der Waals surface area contributed by atoms with Gasteiger partial charge in [0.05, 0.1) is 11.5 Å². The fourth-order valence-electron chi connectivity index (χ4n) is 4.32. The molecule has 0 unspecified atom stereocenters. The first kappa shape index (κ1) is 27.3. The average molecular weight is 567 g/mol. The molecule has 0 saturated heterocycles. The van der Waals surface area contributed by atoms with E-state index in [0.29, 0.717) is 54.0 Å². The van der Waals surface area contributed by atoms with Crippen LogP contribution in [0.3, 0.4) is 0 Å². The lowest BCUT2D eigenvalue weighted by atomic mass is 10.0. The Kier molecular flexibility index (Phi) is 8.40. The lowest BCUT2D eigenvalue weighted by molar-refractivity contribution is -0.143. The summed E-state index contributed by atoms with van der Waals surface area (Å²) in [5, 5.41) is 8.93. The van der Waals surface area contributed by atoms with Gasteiger partial charge in [-0.25, -0.2) is 4.39 Å². The predicted molar refractivity (Wildman–Crippen MR) is 146 cm³/mol. The topological polar surface area (TPSA) is 92.9 Å². The summed E-state index contributed by atoms with van der Waals surface area (Å²) in [5.74, 6) is -2.64. The van der Waals surface area contributed by atoms with Crippen LogP contribution in [0, 0.1) is 5.82 Å². The highest BCUT2D eigenvalue weighted by atomic mass is 32.2. The van der Waals surface area contributed by atoms with Gasteiger partial charge in [0.1, 0.15) is 11.6 Å². The van der Waals surface area contributed by atoms with Crippen molar-refractivity contribution in [2.24, 2.45) is 0 Å². The molecule has 2 N–H and O–H groups in total. The number of esters is 1. The van der Waals surface area contributed by atoms with Crippen molar-refractivity contribution in [2.75, 3.05) is 6.61 Å². The molecule has 3 aromatic carbocycles. The first-order valence-corrected chi connectivity index (χ1v) is 13.4. The van der Waals surface area contributed by atoms with E-state index >= 15 is 0 Å². The maximum Gasteiger partial charge on any atom is 0.306 e. The molecule has 0 aliphatic heterocycles. The quantitative estimate of drug-likeness (QED) is 0.129. The SMILES string of the molecule is CCOC(=O)CCc1cccc(Cc2nnc(-c3cccc(Oc4c(F)cc5[nH]ccc5c4SC(F)F)c3)[nH]2)c1. The zero-order valence-corrected chi connectivity index (χ0v) is 22.2. The summed E-state index contributed by atoms with van der Waals surface area (Å²) in [6.45, 7) is 2.14. The van der Waals surface area contributed by atoms with E-state index in [4.69, 9.17) is 9.47 Å². The minimum atomic E-state index is -2.75. The summed E-state index contributed by atoms with van der Waals surface area (Å²) in [5.41, 5.74) is 3.05. The highest BCUT2D eigenvalue weighted by Crippen LogP contribution is 2.43. The van der Waals surface area contributed by atoms with E-state index in [0.717, 1.165) is 11.1 Å². The minimum Gasteiger partial charge on any atom is -0.466 e. The van der Waals surface area contributed by atoms with E-state index in [1.807, 2.05) is 24.3 Å². The smallest absolute Gasteiger partial charge is 0.306 e. The number of carbonyl (C=O) groups is 1. The number of hydrogen-bond acceptors (Lipinski definition) is 6. The van der Waals surface area contributed by atoms with Gasteiger partial charge in [-0.2, -0.15) is 8.78 Å². The number of thioether (sulfide) groups is 1. The molecule has 206 valence electrons. The van der Waals surface area contributed by atoms with Crippen LogP contribution in [0.15, 0.2) is 71.8 Å². The number of aromatic nitrogens is 4. The van der Waals surface area contributed by atoms with Crippen molar-refractivity contribution >= 4 is 28.6 Å². The molecule has 0 aliphatic carbocycles. The molecule has 0 atom stereocenters. The summed E-state index contributed by atoms with van der Waals surface area (Å²) >= 11 is 0.235. The predicted octanol–water partition coefficient (Wildman–Crippen LogP) is 7.29. The Labute approximate surface area is 232 Å². The molecule has 0 bridgehead atoms. The maximum absolute atomic E-state index is 14.9. The summed E-state index contributed by atoms with van der Waals surface area (Å²) in [6, 6.07) is 17.4. The molecule has 2 aromatic heterocycles. The summed E-state index contributed by atoms with van der Waals surface area (Å²) < 4.78 is 52.3. The zero-order chi connectivity index (χ0) is 28.1. The van der Waals surface area contributed by atoms with E-state index in [1.54, 1.807) is 43.5 Å². The Morgan fingerprint density at radius 1 is 1.05 bits per heavy atom. The number of aromatic amines is 2. The Morgan fingerprint density at radius 3 is 2.70 bits per heavy atom. The lowest BCUT2D eigenvalue weighted by Crippen LogP contribution is -2.05. The van der Waals surface area contributed by atoms with Crippen LogP contribution in [0.5, 0.6) is 11.5 Å². The molecular weight excluding hydrogens is 541 g/mol. The van der Waals surface area contributed by atoms with Gasteiger partial charge in [0.25, 0.3) is 5.76 Å². The number of rotatable bonds is 11. The lowest BCUT2D eigenvalue weighted by Gasteiger charge is -2.13. The summed E-state index contributed by atoms with van der Waals surface area (Å²) in [6.07, 6.45) is 2.95. The second-order valence-electron chi connectivity index (χ2n) is 8.89. The van der Waals surface area contributed by atoms with E-state index in [-0.39, 0.29) is 34.1 Å². The first-order chi connectivity index (χ1) is 19.4. The number of aryl methyl sites for hydroxylation is 1. The molecule has 0 aliphatic rings. The number of H-pyrrole nitrogens is 2. The van der Waals surface area contributed by atoms with Crippen molar-refractivity contribution in [3.05, 3.63) is 89.6 Å². The summed E-state index contributed by atoms with van der Waals surface area (Å²) in [7, 11) is 0. The normalized spacial score (nSPS) is 11.3. The third-order valence-electron chi connectivity index (χ3n) is 6.07. The van der Waals surface area contributed by atoms with Gasteiger partial charge in [0, 0.05) is 41.6 Å². The van der Waals surface area contributed by atoms with Crippen molar-refractivity contribution in [3.63, 3.8) is 0 Å². The minimum absolute atomic E-state index is 0.0168. The van der Waals surface area contributed by atoms with Gasteiger partial charge in [-0.05, 0) is 42.7 Å². The fourth-order valence-corrected chi connectivity index (χ4v) is 5.05. The number of fused-ring (bicyclic) bond motifs is 1. The number of ether oxygens (including phenoxy) is 2. The van der Waals surface area contributed by atoms with Crippen LogP contribution in [-0.4, -0.2) is 38.5 Å². The Bertz CT molecular complexity index is 1640. The van der Waals surface area contributed by atoms with Gasteiger partial charge in [0.15, 0.2) is 17.4 Å². The highest BCUT2D eigenvalue weighted by molar-refractivity contribution is 7.99. The fraction of sp³-hybridized carbons (Fsp3) is 0.207. The van der Waals surface area contributed by atoms with Gasteiger partial charge in [-0.1, -0.05) is 48.2 Å². The standard InChI is InChI=1S/C29H25F3N4O3S/c1-2-38-25(37)10-9-17-5-3-6-18(13-17)14-24-34-28(36-35-24)19-7-4-8-20(15-19)39-26-22(30)16-23-21(11-12-33-23)27(26)40-29(31)32/h3-8,11-13,15-16,29,33H,2,9-10,14H2,1H3,(H,34,35,36). The highest BCUT2D eigenvalue weighted by Gasteiger charge is 2.21. The van der Waals surface area contributed by atoms with Crippen molar-refractivity contribution in [2.45, 2.75) is 36.8 Å². The van der Waals surface area contributed by atoms with Crippen LogP contribution >= 0.6 is 11.8 Å². The number of hydrogen-bond donors (Lipinski definition) is 2. The van der Waals surface area contributed by atoms with Crippen LogP contribution in [0.25, 0.3) is 22.3 Å². The number of alkyl halides is 2.